The van der Waals surface area contributed by atoms with Crippen molar-refractivity contribution < 1.29 is 12.8 Å². The number of hydrogen-bond acceptors (Lipinski definition) is 5. The Morgan fingerprint density at radius 2 is 2.05 bits per heavy atom. The Hall–Kier alpha value is -1.12. The number of halogens is 1. The monoisotopic (exact) mass is 373 g/mol. The van der Waals surface area contributed by atoms with Crippen LogP contribution in [0.3, 0.4) is 0 Å². The number of hydrogen-bond donors (Lipinski definition) is 0. The molecule has 0 saturated carbocycles. The summed E-state index contributed by atoms with van der Waals surface area (Å²) in [5.41, 5.74) is 0.808. The van der Waals surface area contributed by atoms with Crippen LogP contribution in [0.4, 0.5) is 0 Å². The maximum Gasteiger partial charge on any atom is 0.253 e. The van der Waals surface area contributed by atoms with Gasteiger partial charge in [0.2, 0.25) is 0 Å². The van der Waals surface area contributed by atoms with E-state index >= 15 is 0 Å². The fourth-order valence-corrected chi connectivity index (χ4v) is 5.80. The summed E-state index contributed by atoms with van der Waals surface area (Å²) in [5.74, 6) is 0. The largest absolute Gasteiger partial charge is 0.472 e. The maximum atomic E-state index is 12.8. The SMILES string of the molecule is O=S(=O)(c1ccc(Cl)s1)N(Cc1ccoc1)Cc1cccs1. The molecule has 0 aliphatic rings. The molecule has 3 aromatic heterocycles. The summed E-state index contributed by atoms with van der Waals surface area (Å²) < 4.78 is 32.9. The molecular formula is C14H12ClNO3S3. The molecule has 0 amide bonds. The lowest BCUT2D eigenvalue weighted by Crippen LogP contribution is -2.29. The van der Waals surface area contributed by atoms with E-state index in [0.29, 0.717) is 10.9 Å². The standard InChI is InChI=1S/C14H12ClNO3S3/c15-13-3-4-14(21-13)22(17,18)16(8-11-5-6-19-10-11)9-12-2-1-7-20-12/h1-7,10H,8-9H2. The van der Waals surface area contributed by atoms with E-state index in [1.165, 1.54) is 21.9 Å². The zero-order valence-electron chi connectivity index (χ0n) is 11.3. The van der Waals surface area contributed by atoms with Crippen molar-refractivity contribution >= 4 is 44.3 Å². The lowest BCUT2D eigenvalue weighted by Gasteiger charge is -2.20. The molecule has 116 valence electrons. The van der Waals surface area contributed by atoms with Crippen molar-refractivity contribution in [1.82, 2.24) is 4.31 Å². The summed E-state index contributed by atoms with van der Waals surface area (Å²) in [6, 6.07) is 8.73. The van der Waals surface area contributed by atoms with E-state index in [2.05, 4.69) is 0 Å². The van der Waals surface area contributed by atoms with Crippen molar-refractivity contribution in [2.24, 2.45) is 0 Å². The average molecular weight is 374 g/mol. The molecule has 0 aliphatic heterocycles. The molecule has 8 heteroatoms. The Bertz CT molecular complexity index is 786. The summed E-state index contributed by atoms with van der Waals surface area (Å²) in [5, 5.41) is 1.93. The molecule has 3 aromatic rings. The minimum Gasteiger partial charge on any atom is -0.472 e. The minimum atomic E-state index is -3.60. The zero-order valence-corrected chi connectivity index (χ0v) is 14.5. The predicted octanol–water partition coefficient (Wildman–Crippen LogP) is 4.45. The Morgan fingerprint density at radius 3 is 2.64 bits per heavy atom. The Balaban J connectivity index is 1.93. The van der Waals surface area contributed by atoms with Gasteiger partial charge in [0.25, 0.3) is 10.0 Å². The lowest BCUT2D eigenvalue weighted by atomic mass is 10.3. The highest BCUT2D eigenvalue weighted by molar-refractivity contribution is 7.91. The molecule has 0 spiro atoms. The molecule has 0 saturated heterocycles. The number of rotatable bonds is 6. The molecule has 0 aliphatic carbocycles. The second-order valence-corrected chi connectivity index (χ2v) is 9.45. The molecule has 0 radical (unpaired) electrons. The third kappa shape index (κ3) is 3.44. The summed E-state index contributed by atoms with van der Waals surface area (Å²) in [7, 11) is -3.60. The average Bonchev–Trinajstić information content (AvgIpc) is 3.19. The van der Waals surface area contributed by atoms with Gasteiger partial charge >= 0.3 is 0 Å². The van der Waals surface area contributed by atoms with Crippen molar-refractivity contribution in [2.45, 2.75) is 17.3 Å². The predicted molar refractivity (Wildman–Crippen MR) is 88.8 cm³/mol. The molecule has 0 bridgehead atoms. The molecule has 0 unspecified atom stereocenters. The van der Waals surface area contributed by atoms with E-state index in [9.17, 15) is 8.42 Å². The molecule has 0 aromatic carbocycles. The first-order valence-corrected chi connectivity index (χ1v) is 9.86. The highest BCUT2D eigenvalue weighted by Crippen LogP contribution is 2.30. The van der Waals surface area contributed by atoms with Crippen molar-refractivity contribution in [1.29, 1.82) is 0 Å². The first kappa shape index (κ1) is 15.8. The summed E-state index contributed by atoms with van der Waals surface area (Å²) in [6.45, 7) is 0.576. The zero-order chi connectivity index (χ0) is 15.6. The van der Waals surface area contributed by atoms with Gasteiger partial charge in [-0.2, -0.15) is 4.31 Å². The van der Waals surface area contributed by atoms with Crippen LogP contribution < -0.4 is 0 Å². The Kier molecular flexibility index (Phi) is 4.70. The van der Waals surface area contributed by atoms with E-state index < -0.39 is 10.0 Å². The molecule has 0 atom stereocenters. The second-order valence-electron chi connectivity index (χ2n) is 4.54. The van der Waals surface area contributed by atoms with Gasteiger partial charge in [-0.1, -0.05) is 17.7 Å². The van der Waals surface area contributed by atoms with Crippen LogP contribution in [0.1, 0.15) is 10.4 Å². The van der Waals surface area contributed by atoms with E-state index in [0.717, 1.165) is 21.8 Å². The first-order valence-electron chi connectivity index (χ1n) is 6.34. The molecule has 22 heavy (non-hydrogen) atoms. The summed E-state index contributed by atoms with van der Waals surface area (Å²) in [6.07, 6.45) is 3.09. The topological polar surface area (TPSA) is 50.5 Å². The number of sulfonamides is 1. The number of thiophene rings is 2. The van der Waals surface area contributed by atoms with Gasteiger partial charge in [-0.05, 0) is 29.6 Å². The van der Waals surface area contributed by atoms with E-state index in [1.807, 2.05) is 17.5 Å². The third-order valence-electron chi connectivity index (χ3n) is 2.99. The minimum absolute atomic E-state index is 0.248. The fourth-order valence-electron chi connectivity index (χ4n) is 1.95. The van der Waals surface area contributed by atoms with Crippen molar-refractivity contribution in [3.8, 4) is 0 Å². The molecule has 4 nitrogen and oxygen atoms in total. The molecule has 3 rings (SSSR count). The maximum absolute atomic E-state index is 12.8. The normalized spacial score (nSPS) is 12.1. The van der Waals surface area contributed by atoms with Gasteiger partial charge in [-0.25, -0.2) is 8.42 Å². The van der Waals surface area contributed by atoms with Crippen LogP contribution in [0.2, 0.25) is 4.34 Å². The fraction of sp³-hybridized carbons (Fsp3) is 0.143. The molecule has 0 fully saturated rings. The second kappa shape index (κ2) is 6.55. The van der Waals surface area contributed by atoms with Gasteiger partial charge in [0.05, 0.1) is 16.9 Å². The highest BCUT2D eigenvalue weighted by atomic mass is 35.5. The Morgan fingerprint density at radius 1 is 1.18 bits per heavy atom. The van der Waals surface area contributed by atoms with Gasteiger partial charge < -0.3 is 4.42 Å². The number of nitrogens with zero attached hydrogens (tertiary/aromatic N) is 1. The van der Waals surface area contributed by atoms with Crippen LogP contribution >= 0.6 is 34.3 Å². The van der Waals surface area contributed by atoms with Crippen LogP contribution in [0.15, 0.2) is 56.9 Å². The molecular weight excluding hydrogens is 362 g/mol. The van der Waals surface area contributed by atoms with Gasteiger partial charge in [0.15, 0.2) is 0 Å². The van der Waals surface area contributed by atoms with Gasteiger partial charge in [-0.3, -0.25) is 0 Å². The van der Waals surface area contributed by atoms with Crippen molar-refractivity contribution in [3.63, 3.8) is 0 Å². The molecule has 0 N–H and O–H groups in total. The van der Waals surface area contributed by atoms with E-state index in [1.54, 1.807) is 24.5 Å². The van der Waals surface area contributed by atoms with Gasteiger partial charge in [0, 0.05) is 23.5 Å². The first-order chi connectivity index (χ1) is 10.6. The van der Waals surface area contributed by atoms with Crippen molar-refractivity contribution in [3.05, 3.63) is 63.0 Å². The third-order valence-corrected chi connectivity index (χ3v) is 7.35. The summed E-state index contributed by atoms with van der Waals surface area (Å²) in [4.78, 5) is 0.981. The van der Waals surface area contributed by atoms with Crippen LogP contribution in [0, 0.1) is 0 Å². The van der Waals surface area contributed by atoms with Crippen molar-refractivity contribution in [2.75, 3.05) is 0 Å². The van der Waals surface area contributed by atoms with E-state index in [-0.39, 0.29) is 10.8 Å². The smallest absolute Gasteiger partial charge is 0.253 e. The summed E-state index contributed by atoms with van der Waals surface area (Å²) >= 11 is 8.47. The van der Waals surface area contributed by atoms with E-state index in [4.69, 9.17) is 16.0 Å². The van der Waals surface area contributed by atoms with Gasteiger partial charge in [0.1, 0.15) is 4.21 Å². The van der Waals surface area contributed by atoms with Crippen LogP contribution in [0.5, 0.6) is 0 Å². The van der Waals surface area contributed by atoms with Crippen LogP contribution in [-0.4, -0.2) is 12.7 Å². The molecule has 3 heterocycles. The van der Waals surface area contributed by atoms with Crippen LogP contribution in [-0.2, 0) is 23.1 Å². The quantitative estimate of drug-likeness (QED) is 0.641. The number of furan rings is 1. The van der Waals surface area contributed by atoms with Gasteiger partial charge in [-0.15, -0.1) is 22.7 Å². The van der Waals surface area contributed by atoms with Crippen LogP contribution in [0.25, 0.3) is 0 Å². The highest BCUT2D eigenvalue weighted by Gasteiger charge is 2.27. The lowest BCUT2D eigenvalue weighted by molar-refractivity contribution is 0.403. The Labute approximate surface area is 141 Å².